The highest BCUT2D eigenvalue weighted by Gasteiger charge is 2.34. The summed E-state index contributed by atoms with van der Waals surface area (Å²) < 4.78 is 12.0. The maximum atomic E-state index is 5.53. The summed E-state index contributed by atoms with van der Waals surface area (Å²) in [6.07, 6.45) is 4.81. The highest BCUT2D eigenvalue weighted by atomic mass is 79.9. The lowest BCUT2D eigenvalue weighted by Gasteiger charge is -2.32. The molecule has 0 aromatic heterocycles. The molecule has 0 bridgehead atoms. The SMILES string of the molecule is CC(C)CC1(Cc2cc(Br)c3c(c2)OCO3)CCCN1. The molecule has 1 saturated heterocycles. The van der Waals surface area contributed by atoms with Crippen molar-refractivity contribution in [2.75, 3.05) is 13.3 Å². The van der Waals surface area contributed by atoms with Crippen LogP contribution in [0, 0.1) is 5.92 Å². The highest BCUT2D eigenvalue weighted by Crippen LogP contribution is 2.41. The van der Waals surface area contributed by atoms with Crippen molar-refractivity contribution in [1.29, 1.82) is 0 Å². The Kier molecular flexibility index (Phi) is 3.95. The Morgan fingerprint density at radius 2 is 2.20 bits per heavy atom. The van der Waals surface area contributed by atoms with E-state index < -0.39 is 0 Å². The van der Waals surface area contributed by atoms with E-state index in [9.17, 15) is 0 Å². The Morgan fingerprint density at radius 3 is 2.90 bits per heavy atom. The van der Waals surface area contributed by atoms with Crippen LogP contribution in [0.1, 0.15) is 38.7 Å². The summed E-state index contributed by atoms with van der Waals surface area (Å²) in [6, 6.07) is 4.31. The van der Waals surface area contributed by atoms with Crippen LogP contribution >= 0.6 is 15.9 Å². The molecule has 3 rings (SSSR count). The van der Waals surface area contributed by atoms with E-state index in [1.165, 1.54) is 24.8 Å². The van der Waals surface area contributed by atoms with Crippen molar-refractivity contribution in [2.45, 2.75) is 45.1 Å². The van der Waals surface area contributed by atoms with Gasteiger partial charge in [-0.1, -0.05) is 13.8 Å². The summed E-state index contributed by atoms with van der Waals surface area (Å²) in [6.45, 7) is 6.07. The quantitative estimate of drug-likeness (QED) is 0.902. The second kappa shape index (κ2) is 5.57. The molecule has 3 nitrogen and oxygen atoms in total. The van der Waals surface area contributed by atoms with Crippen LogP contribution in [0.4, 0.5) is 0 Å². The summed E-state index contributed by atoms with van der Waals surface area (Å²) in [5.74, 6) is 2.41. The van der Waals surface area contributed by atoms with Crippen molar-refractivity contribution in [3.8, 4) is 11.5 Å². The molecule has 1 aromatic rings. The molecule has 1 atom stereocenters. The van der Waals surface area contributed by atoms with Crippen molar-refractivity contribution < 1.29 is 9.47 Å². The summed E-state index contributed by atoms with van der Waals surface area (Å²) in [5.41, 5.74) is 1.57. The van der Waals surface area contributed by atoms with Gasteiger partial charge in [0.2, 0.25) is 6.79 Å². The molecule has 1 aromatic carbocycles. The van der Waals surface area contributed by atoms with E-state index in [4.69, 9.17) is 9.47 Å². The number of hydrogen-bond acceptors (Lipinski definition) is 3. The van der Waals surface area contributed by atoms with Crippen LogP contribution in [0.5, 0.6) is 11.5 Å². The number of ether oxygens (including phenoxy) is 2. The van der Waals surface area contributed by atoms with Gasteiger partial charge in [-0.05, 0) is 71.8 Å². The van der Waals surface area contributed by atoms with E-state index >= 15 is 0 Å². The molecular weight excluding hydrogens is 318 g/mol. The summed E-state index contributed by atoms with van der Waals surface area (Å²) >= 11 is 3.59. The van der Waals surface area contributed by atoms with Gasteiger partial charge in [-0.15, -0.1) is 0 Å². The number of hydrogen-bond donors (Lipinski definition) is 1. The number of rotatable bonds is 4. The topological polar surface area (TPSA) is 30.5 Å². The smallest absolute Gasteiger partial charge is 0.231 e. The fraction of sp³-hybridized carbons (Fsp3) is 0.625. The Morgan fingerprint density at radius 1 is 1.35 bits per heavy atom. The zero-order chi connectivity index (χ0) is 14.2. The molecule has 0 amide bonds. The van der Waals surface area contributed by atoms with Gasteiger partial charge in [0, 0.05) is 5.54 Å². The van der Waals surface area contributed by atoms with Gasteiger partial charge < -0.3 is 14.8 Å². The van der Waals surface area contributed by atoms with Gasteiger partial charge in [-0.3, -0.25) is 0 Å². The summed E-state index contributed by atoms with van der Waals surface area (Å²) in [4.78, 5) is 0. The molecule has 2 aliphatic heterocycles. The van der Waals surface area contributed by atoms with Gasteiger partial charge in [0.05, 0.1) is 4.47 Å². The van der Waals surface area contributed by atoms with Gasteiger partial charge in [0.25, 0.3) is 0 Å². The molecule has 0 spiro atoms. The number of halogens is 1. The Balaban J connectivity index is 1.84. The van der Waals surface area contributed by atoms with Crippen LogP contribution in [0.3, 0.4) is 0 Å². The van der Waals surface area contributed by atoms with Gasteiger partial charge in [-0.25, -0.2) is 0 Å². The van der Waals surface area contributed by atoms with Gasteiger partial charge in [0.1, 0.15) is 0 Å². The molecule has 1 fully saturated rings. The second-order valence-electron chi connectivity index (χ2n) is 6.40. The first-order valence-corrected chi connectivity index (χ1v) is 8.20. The van der Waals surface area contributed by atoms with Crippen molar-refractivity contribution >= 4 is 15.9 Å². The van der Waals surface area contributed by atoms with E-state index in [-0.39, 0.29) is 5.54 Å². The lowest BCUT2D eigenvalue weighted by molar-refractivity contribution is 0.173. The molecule has 2 aliphatic rings. The summed E-state index contributed by atoms with van der Waals surface area (Å²) in [7, 11) is 0. The second-order valence-corrected chi connectivity index (χ2v) is 7.25. The lowest BCUT2D eigenvalue weighted by Crippen LogP contribution is -2.43. The Bertz CT molecular complexity index is 495. The predicted molar refractivity (Wildman–Crippen MR) is 83.4 cm³/mol. The zero-order valence-electron chi connectivity index (χ0n) is 12.2. The molecule has 0 saturated carbocycles. The maximum Gasteiger partial charge on any atom is 0.231 e. The van der Waals surface area contributed by atoms with Crippen LogP contribution in [0.25, 0.3) is 0 Å². The van der Waals surface area contributed by atoms with Crippen molar-refractivity contribution in [3.05, 3.63) is 22.2 Å². The molecule has 2 heterocycles. The number of nitrogens with one attached hydrogen (secondary N) is 1. The van der Waals surface area contributed by atoms with Crippen molar-refractivity contribution in [1.82, 2.24) is 5.32 Å². The number of benzene rings is 1. The minimum absolute atomic E-state index is 0.251. The molecule has 0 aliphatic carbocycles. The van der Waals surface area contributed by atoms with Crippen LogP contribution in [-0.2, 0) is 6.42 Å². The van der Waals surface area contributed by atoms with E-state index in [1.807, 2.05) is 0 Å². The normalized spacial score (nSPS) is 24.6. The maximum absolute atomic E-state index is 5.53. The van der Waals surface area contributed by atoms with Crippen LogP contribution in [0.15, 0.2) is 16.6 Å². The standard InChI is InChI=1S/C16H22BrNO2/c1-11(2)8-16(4-3-5-18-16)9-12-6-13(17)15-14(7-12)19-10-20-15/h6-7,11,18H,3-5,8-10H2,1-2H3. The highest BCUT2D eigenvalue weighted by molar-refractivity contribution is 9.10. The molecule has 1 N–H and O–H groups in total. The molecule has 110 valence electrons. The fourth-order valence-electron chi connectivity index (χ4n) is 3.56. The Labute approximate surface area is 129 Å². The van der Waals surface area contributed by atoms with E-state index in [2.05, 4.69) is 47.2 Å². The van der Waals surface area contributed by atoms with Gasteiger partial charge in [0.15, 0.2) is 11.5 Å². The first kappa shape index (κ1) is 14.2. The lowest BCUT2D eigenvalue weighted by atomic mass is 9.82. The van der Waals surface area contributed by atoms with Crippen LogP contribution < -0.4 is 14.8 Å². The Hall–Kier alpha value is -0.740. The fourth-order valence-corrected chi connectivity index (χ4v) is 4.16. The van der Waals surface area contributed by atoms with E-state index in [0.717, 1.165) is 28.9 Å². The van der Waals surface area contributed by atoms with Gasteiger partial charge in [-0.2, -0.15) is 0 Å². The van der Waals surface area contributed by atoms with Crippen LogP contribution in [0.2, 0.25) is 0 Å². The minimum atomic E-state index is 0.251. The van der Waals surface area contributed by atoms with Gasteiger partial charge >= 0.3 is 0 Å². The largest absolute Gasteiger partial charge is 0.454 e. The third kappa shape index (κ3) is 2.82. The molecule has 20 heavy (non-hydrogen) atoms. The third-order valence-corrected chi connectivity index (χ3v) is 4.75. The summed E-state index contributed by atoms with van der Waals surface area (Å²) in [5, 5.41) is 3.75. The van der Waals surface area contributed by atoms with E-state index in [0.29, 0.717) is 12.7 Å². The molecule has 1 unspecified atom stereocenters. The van der Waals surface area contributed by atoms with Crippen molar-refractivity contribution in [2.24, 2.45) is 5.92 Å². The molecule has 4 heteroatoms. The molecule has 0 radical (unpaired) electrons. The monoisotopic (exact) mass is 339 g/mol. The predicted octanol–water partition coefficient (Wildman–Crippen LogP) is 3.89. The average Bonchev–Trinajstić information content (AvgIpc) is 2.97. The zero-order valence-corrected chi connectivity index (χ0v) is 13.8. The minimum Gasteiger partial charge on any atom is -0.454 e. The first-order chi connectivity index (χ1) is 9.58. The van der Waals surface area contributed by atoms with E-state index in [1.54, 1.807) is 0 Å². The number of fused-ring (bicyclic) bond motifs is 1. The van der Waals surface area contributed by atoms with Crippen LogP contribution in [-0.4, -0.2) is 18.9 Å². The first-order valence-electron chi connectivity index (χ1n) is 7.41. The molecular formula is C16H22BrNO2. The van der Waals surface area contributed by atoms with Crippen molar-refractivity contribution in [3.63, 3.8) is 0 Å². The average molecular weight is 340 g/mol. The third-order valence-electron chi connectivity index (χ3n) is 4.16.